The van der Waals surface area contributed by atoms with Crippen molar-refractivity contribution in [3.8, 4) is 5.69 Å². The number of aromatic nitrogens is 3. The predicted molar refractivity (Wildman–Crippen MR) is 90.4 cm³/mol. The number of rotatable bonds is 4. The number of amides is 1. The minimum atomic E-state index is -0.372. The molecule has 0 bridgehead atoms. The van der Waals surface area contributed by atoms with Crippen molar-refractivity contribution in [2.24, 2.45) is 0 Å². The summed E-state index contributed by atoms with van der Waals surface area (Å²) in [6.07, 6.45) is 5.75. The third kappa shape index (κ3) is 3.85. The second-order valence-electron chi connectivity index (χ2n) is 4.88. The van der Waals surface area contributed by atoms with Crippen LogP contribution in [0.2, 0.25) is 5.02 Å². The van der Waals surface area contributed by atoms with Gasteiger partial charge in [-0.1, -0.05) is 23.7 Å². The summed E-state index contributed by atoms with van der Waals surface area (Å²) >= 11 is 6.00. The Balaban J connectivity index is 1.80. The summed E-state index contributed by atoms with van der Waals surface area (Å²) in [7, 11) is 0. The normalized spacial score (nSPS) is 10.9. The van der Waals surface area contributed by atoms with Gasteiger partial charge >= 0.3 is 0 Å². The quantitative estimate of drug-likeness (QED) is 0.735. The molecule has 0 spiro atoms. The molecule has 0 fully saturated rings. The molecule has 5 nitrogen and oxygen atoms in total. The van der Waals surface area contributed by atoms with Gasteiger partial charge in [-0.2, -0.15) is 5.10 Å². The molecule has 0 aliphatic heterocycles. The summed E-state index contributed by atoms with van der Waals surface area (Å²) < 4.78 is 14.6. The molecule has 120 valence electrons. The van der Waals surface area contributed by atoms with E-state index in [0.717, 1.165) is 0 Å². The Hall–Kier alpha value is -2.99. The molecule has 1 amide bonds. The van der Waals surface area contributed by atoms with Gasteiger partial charge in [0.05, 0.1) is 11.4 Å². The van der Waals surface area contributed by atoms with Crippen molar-refractivity contribution in [1.82, 2.24) is 14.8 Å². The van der Waals surface area contributed by atoms with Gasteiger partial charge in [0.15, 0.2) is 0 Å². The maximum Gasteiger partial charge on any atom is 0.248 e. The smallest absolute Gasteiger partial charge is 0.248 e. The molecule has 1 aromatic heterocycles. The van der Waals surface area contributed by atoms with E-state index in [9.17, 15) is 9.18 Å². The summed E-state index contributed by atoms with van der Waals surface area (Å²) in [6, 6.07) is 11.0. The Morgan fingerprint density at radius 2 is 2.12 bits per heavy atom. The molecule has 1 heterocycles. The number of hydrogen-bond acceptors (Lipinski definition) is 3. The van der Waals surface area contributed by atoms with Crippen LogP contribution in [-0.2, 0) is 4.79 Å². The second kappa shape index (κ2) is 7.06. The van der Waals surface area contributed by atoms with Crippen LogP contribution in [-0.4, -0.2) is 20.7 Å². The van der Waals surface area contributed by atoms with Crippen LogP contribution in [0.15, 0.2) is 61.2 Å². The first kappa shape index (κ1) is 15.9. The first-order valence-corrected chi connectivity index (χ1v) is 7.39. The average Bonchev–Trinajstić information content (AvgIpc) is 3.07. The highest BCUT2D eigenvalue weighted by Gasteiger charge is 2.08. The predicted octanol–water partition coefficient (Wildman–Crippen LogP) is 3.71. The second-order valence-corrected chi connectivity index (χ2v) is 5.32. The Morgan fingerprint density at radius 3 is 2.88 bits per heavy atom. The molecule has 0 aliphatic carbocycles. The van der Waals surface area contributed by atoms with Crippen molar-refractivity contribution in [2.45, 2.75) is 0 Å². The van der Waals surface area contributed by atoms with Crippen LogP contribution in [0.4, 0.5) is 10.1 Å². The number of benzene rings is 2. The largest absolute Gasteiger partial charge is 0.321 e. The lowest BCUT2D eigenvalue weighted by molar-refractivity contribution is -0.111. The zero-order valence-electron chi connectivity index (χ0n) is 12.4. The van der Waals surface area contributed by atoms with E-state index in [1.807, 2.05) is 0 Å². The van der Waals surface area contributed by atoms with Gasteiger partial charge in [-0.05, 0) is 42.0 Å². The molecule has 3 aromatic rings. The monoisotopic (exact) mass is 342 g/mol. The van der Waals surface area contributed by atoms with Crippen molar-refractivity contribution in [3.05, 3.63) is 77.6 Å². The van der Waals surface area contributed by atoms with Gasteiger partial charge in [0.1, 0.15) is 18.5 Å². The average molecular weight is 343 g/mol. The number of hydrogen-bond donors (Lipinski definition) is 1. The number of anilines is 1. The van der Waals surface area contributed by atoms with E-state index < -0.39 is 0 Å². The number of carbonyl (C=O) groups is 1. The van der Waals surface area contributed by atoms with Gasteiger partial charge in [-0.25, -0.2) is 14.1 Å². The topological polar surface area (TPSA) is 59.8 Å². The van der Waals surface area contributed by atoms with Gasteiger partial charge in [0.2, 0.25) is 5.91 Å². The Morgan fingerprint density at radius 1 is 1.25 bits per heavy atom. The van der Waals surface area contributed by atoms with Crippen LogP contribution < -0.4 is 5.32 Å². The standard InChI is InChI=1S/C17H12ClFN4O/c18-13-5-6-16(23-11-20-10-21-23)15(9-13)22-17(24)7-4-12-2-1-3-14(19)8-12/h1-11H,(H,22,24)/b7-4+. The molecule has 0 unspecified atom stereocenters. The van der Waals surface area contributed by atoms with Crippen LogP contribution in [0.3, 0.4) is 0 Å². The zero-order valence-corrected chi connectivity index (χ0v) is 13.1. The van der Waals surface area contributed by atoms with Gasteiger partial charge in [-0.3, -0.25) is 4.79 Å². The minimum absolute atomic E-state index is 0.360. The summed E-state index contributed by atoms with van der Waals surface area (Å²) in [6.45, 7) is 0. The molecule has 2 aromatic carbocycles. The SMILES string of the molecule is O=C(/C=C/c1cccc(F)c1)Nc1cc(Cl)ccc1-n1cncn1. The van der Waals surface area contributed by atoms with Crippen LogP contribution in [0.1, 0.15) is 5.56 Å². The molecular formula is C17H12ClFN4O. The fourth-order valence-electron chi connectivity index (χ4n) is 2.10. The maximum atomic E-state index is 13.1. The van der Waals surface area contributed by atoms with Gasteiger partial charge in [-0.15, -0.1) is 0 Å². The Labute approximate surface area is 142 Å². The number of carbonyl (C=O) groups excluding carboxylic acids is 1. The van der Waals surface area contributed by atoms with Crippen molar-refractivity contribution < 1.29 is 9.18 Å². The summed E-state index contributed by atoms with van der Waals surface area (Å²) in [5.41, 5.74) is 1.71. The van der Waals surface area contributed by atoms with E-state index in [1.54, 1.807) is 30.3 Å². The van der Waals surface area contributed by atoms with E-state index in [-0.39, 0.29) is 11.7 Å². The Kier molecular flexibility index (Phi) is 4.67. The maximum absolute atomic E-state index is 13.1. The molecule has 0 saturated carbocycles. The highest BCUT2D eigenvalue weighted by atomic mass is 35.5. The zero-order chi connectivity index (χ0) is 16.9. The lowest BCUT2D eigenvalue weighted by Gasteiger charge is -2.10. The van der Waals surface area contributed by atoms with Crippen LogP contribution >= 0.6 is 11.6 Å². The van der Waals surface area contributed by atoms with Crippen molar-refractivity contribution in [2.75, 3.05) is 5.32 Å². The lowest BCUT2D eigenvalue weighted by atomic mass is 10.2. The molecule has 0 radical (unpaired) electrons. The number of nitrogens with zero attached hydrogens (tertiary/aromatic N) is 3. The van der Waals surface area contributed by atoms with Crippen molar-refractivity contribution in [1.29, 1.82) is 0 Å². The lowest BCUT2D eigenvalue weighted by Crippen LogP contribution is -2.11. The van der Waals surface area contributed by atoms with Gasteiger partial charge in [0.25, 0.3) is 0 Å². The Bertz CT molecular complexity index is 893. The summed E-state index contributed by atoms with van der Waals surface area (Å²) in [5.74, 6) is -0.733. The number of nitrogens with one attached hydrogen (secondary N) is 1. The minimum Gasteiger partial charge on any atom is -0.321 e. The molecule has 0 aliphatic rings. The summed E-state index contributed by atoms with van der Waals surface area (Å²) in [5, 5.41) is 7.25. The van der Waals surface area contributed by atoms with Crippen LogP contribution in [0.5, 0.6) is 0 Å². The molecule has 24 heavy (non-hydrogen) atoms. The van der Waals surface area contributed by atoms with Crippen LogP contribution in [0.25, 0.3) is 11.8 Å². The fourth-order valence-corrected chi connectivity index (χ4v) is 2.27. The number of halogens is 2. The van der Waals surface area contributed by atoms with E-state index in [4.69, 9.17) is 11.6 Å². The van der Waals surface area contributed by atoms with Crippen LogP contribution in [0, 0.1) is 5.82 Å². The fraction of sp³-hybridized carbons (Fsp3) is 0. The van der Waals surface area contributed by atoms with E-state index in [2.05, 4.69) is 15.4 Å². The van der Waals surface area contributed by atoms with E-state index in [0.29, 0.717) is 22.0 Å². The highest BCUT2D eigenvalue weighted by molar-refractivity contribution is 6.31. The van der Waals surface area contributed by atoms with Gasteiger partial charge in [0, 0.05) is 11.1 Å². The molecule has 3 rings (SSSR count). The molecule has 0 atom stereocenters. The van der Waals surface area contributed by atoms with E-state index >= 15 is 0 Å². The third-order valence-corrected chi connectivity index (χ3v) is 3.39. The highest BCUT2D eigenvalue weighted by Crippen LogP contribution is 2.24. The molecule has 0 saturated heterocycles. The molecule has 1 N–H and O–H groups in total. The summed E-state index contributed by atoms with van der Waals surface area (Å²) in [4.78, 5) is 16.0. The molecular weight excluding hydrogens is 331 g/mol. The van der Waals surface area contributed by atoms with Gasteiger partial charge < -0.3 is 5.32 Å². The van der Waals surface area contributed by atoms with Crippen molar-refractivity contribution >= 4 is 29.3 Å². The first-order chi connectivity index (χ1) is 11.6. The first-order valence-electron chi connectivity index (χ1n) is 7.01. The van der Waals surface area contributed by atoms with Crippen molar-refractivity contribution in [3.63, 3.8) is 0 Å². The third-order valence-electron chi connectivity index (χ3n) is 3.16. The molecule has 7 heteroatoms. The van der Waals surface area contributed by atoms with E-state index in [1.165, 1.54) is 41.6 Å².